The van der Waals surface area contributed by atoms with Gasteiger partial charge in [-0.2, -0.15) is 0 Å². The average Bonchev–Trinajstić information content (AvgIpc) is 2.98. The van der Waals surface area contributed by atoms with Crippen LogP contribution in [-0.4, -0.2) is 116 Å². The van der Waals surface area contributed by atoms with Crippen molar-refractivity contribution >= 4 is 5.97 Å². The van der Waals surface area contributed by atoms with Crippen molar-refractivity contribution in [1.82, 2.24) is 0 Å². The molecule has 10 atom stereocenters. The van der Waals surface area contributed by atoms with E-state index in [1.165, 1.54) is 70.6 Å². The van der Waals surface area contributed by atoms with Crippen LogP contribution in [0.5, 0.6) is 0 Å². The van der Waals surface area contributed by atoms with Gasteiger partial charge in [-0.15, -0.1) is 0 Å². The molecule has 0 aliphatic carbocycles. The van der Waals surface area contributed by atoms with E-state index in [9.17, 15) is 40.5 Å². The molecule has 0 saturated carbocycles. The lowest BCUT2D eigenvalue weighted by molar-refractivity contribution is -0.376. The lowest BCUT2D eigenvalue weighted by atomic mass is 9.98. The van der Waals surface area contributed by atoms with Crippen LogP contribution in [0.25, 0.3) is 0 Å². The zero-order valence-electron chi connectivity index (χ0n) is 25.2. The number of rotatable bonds is 21. The monoisotopic (exact) mass is 608 g/mol. The first-order valence-corrected chi connectivity index (χ1v) is 16.0. The fourth-order valence-corrected chi connectivity index (χ4v) is 5.37. The van der Waals surface area contributed by atoms with Crippen LogP contribution in [0, 0.1) is 0 Å². The molecule has 12 heteroatoms. The number of esters is 1. The second-order valence-electron chi connectivity index (χ2n) is 11.7. The van der Waals surface area contributed by atoms with Crippen LogP contribution in [-0.2, 0) is 23.7 Å². The minimum absolute atomic E-state index is 0.205. The molecule has 0 aromatic heterocycles. The summed E-state index contributed by atoms with van der Waals surface area (Å²) in [5, 5.41) is 70.2. The summed E-state index contributed by atoms with van der Waals surface area (Å²) in [5.41, 5.74) is 0. The topological polar surface area (TPSA) is 196 Å². The molecule has 248 valence electrons. The van der Waals surface area contributed by atoms with E-state index in [0.29, 0.717) is 6.42 Å². The predicted octanol–water partition coefficient (Wildman–Crippen LogP) is 1.42. The summed E-state index contributed by atoms with van der Waals surface area (Å²) in [6.45, 7) is 1.15. The zero-order chi connectivity index (χ0) is 30.9. The van der Waals surface area contributed by atoms with Crippen LogP contribution in [0.1, 0.15) is 110 Å². The average molecular weight is 609 g/mol. The maximum absolute atomic E-state index is 12.2. The van der Waals surface area contributed by atoms with Gasteiger partial charge in [-0.1, -0.05) is 96.8 Å². The van der Waals surface area contributed by atoms with Crippen molar-refractivity contribution in [2.45, 2.75) is 171 Å². The molecule has 0 aromatic rings. The highest BCUT2D eigenvalue weighted by Gasteiger charge is 2.49. The van der Waals surface area contributed by atoms with Crippen LogP contribution >= 0.6 is 0 Å². The highest BCUT2D eigenvalue weighted by Crippen LogP contribution is 2.28. The number of ether oxygens (including phenoxy) is 4. The summed E-state index contributed by atoms with van der Waals surface area (Å²) in [6, 6.07) is 0. The van der Waals surface area contributed by atoms with E-state index in [1.54, 1.807) is 0 Å². The molecule has 0 aromatic carbocycles. The lowest BCUT2D eigenvalue weighted by Gasteiger charge is -2.44. The molecule has 7 N–H and O–H groups in total. The zero-order valence-corrected chi connectivity index (χ0v) is 25.2. The van der Waals surface area contributed by atoms with Crippen molar-refractivity contribution in [1.29, 1.82) is 0 Å². The van der Waals surface area contributed by atoms with Crippen molar-refractivity contribution < 1.29 is 59.5 Å². The van der Waals surface area contributed by atoms with Gasteiger partial charge in [0.15, 0.2) is 12.6 Å². The molecule has 0 radical (unpaired) electrons. The molecule has 2 fully saturated rings. The van der Waals surface area contributed by atoms with Crippen LogP contribution in [0.4, 0.5) is 0 Å². The largest absolute Gasteiger partial charge is 0.463 e. The number of aliphatic hydroxyl groups is 7. The molecule has 2 rings (SSSR count). The quantitative estimate of drug-likeness (QED) is 0.0732. The smallest absolute Gasteiger partial charge is 0.305 e. The molecule has 0 amide bonds. The Morgan fingerprint density at radius 2 is 0.976 bits per heavy atom. The first kappa shape index (κ1) is 37.3. The second-order valence-corrected chi connectivity index (χ2v) is 11.7. The van der Waals surface area contributed by atoms with Crippen LogP contribution in [0.3, 0.4) is 0 Å². The Morgan fingerprint density at radius 1 is 0.571 bits per heavy atom. The molecule has 42 heavy (non-hydrogen) atoms. The Morgan fingerprint density at radius 3 is 1.43 bits per heavy atom. The van der Waals surface area contributed by atoms with Crippen molar-refractivity contribution in [2.24, 2.45) is 0 Å². The summed E-state index contributed by atoms with van der Waals surface area (Å²) < 4.78 is 21.3. The van der Waals surface area contributed by atoms with Crippen LogP contribution in [0.15, 0.2) is 0 Å². The van der Waals surface area contributed by atoms with Gasteiger partial charge in [0.2, 0.25) is 0 Å². The highest BCUT2D eigenvalue weighted by atomic mass is 16.8. The number of unbranched alkanes of at least 4 members (excludes halogenated alkanes) is 14. The fraction of sp³-hybridized carbons (Fsp3) is 0.967. The van der Waals surface area contributed by atoms with Gasteiger partial charge in [0.1, 0.15) is 55.4 Å². The van der Waals surface area contributed by atoms with Crippen molar-refractivity contribution in [3.8, 4) is 0 Å². The van der Waals surface area contributed by atoms with E-state index in [4.69, 9.17) is 18.9 Å². The first-order valence-electron chi connectivity index (χ1n) is 16.0. The van der Waals surface area contributed by atoms with Crippen molar-refractivity contribution in [2.75, 3.05) is 13.2 Å². The molecule has 2 saturated heterocycles. The van der Waals surface area contributed by atoms with Gasteiger partial charge in [0.05, 0.1) is 6.61 Å². The summed E-state index contributed by atoms with van der Waals surface area (Å²) >= 11 is 0. The molecule has 2 aliphatic rings. The van der Waals surface area contributed by atoms with Gasteiger partial charge in [0.25, 0.3) is 0 Å². The van der Waals surface area contributed by atoms with Gasteiger partial charge in [-0.3, -0.25) is 4.79 Å². The minimum Gasteiger partial charge on any atom is -0.463 e. The Hall–Kier alpha value is -0.930. The second kappa shape index (κ2) is 20.9. The Kier molecular flexibility index (Phi) is 18.6. The molecular formula is C30H56O12. The maximum Gasteiger partial charge on any atom is 0.305 e. The molecule has 2 aliphatic heterocycles. The third kappa shape index (κ3) is 12.6. The van der Waals surface area contributed by atoms with E-state index in [2.05, 4.69) is 6.92 Å². The number of aliphatic hydroxyl groups excluding tert-OH is 7. The Bertz CT molecular complexity index is 710. The van der Waals surface area contributed by atoms with E-state index < -0.39 is 80.6 Å². The summed E-state index contributed by atoms with van der Waals surface area (Å²) in [4.78, 5) is 12.2. The molecule has 2 heterocycles. The number of hydrogen-bond acceptors (Lipinski definition) is 12. The third-order valence-corrected chi connectivity index (χ3v) is 8.18. The van der Waals surface area contributed by atoms with E-state index >= 15 is 0 Å². The number of carbonyl (C=O) groups is 1. The lowest BCUT2D eigenvalue weighted by Crippen LogP contribution is -2.63. The SMILES string of the molecule is CCCCCCCCCCCCCCCCCC(=O)OC[C@H]1O[C@H](O[C@H]2O[C@H](CO)[C@@H](O)[C@H](O)[C@H]2O)[C@H](O)[C@@H](O)[C@@H]1O. The van der Waals surface area contributed by atoms with Gasteiger partial charge in [-0.05, 0) is 6.42 Å². The molecule has 0 spiro atoms. The molecule has 12 nitrogen and oxygen atoms in total. The summed E-state index contributed by atoms with van der Waals surface area (Å²) in [7, 11) is 0. The van der Waals surface area contributed by atoms with Crippen LogP contribution in [0.2, 0.25) is 0 Å². The number of hydrogen-bond donors (Lipinski definition) is 7. The van der Waals surface area contributed by atoms with Gasteiger partial charge in [-0.25, -0.2) is 0 Å². The maximum atomic E-state index is 12.2. The molecular weight excluding hydrogens is 552 g/mol. The van der Waals surface area contributed by atoms with Gasteiger partial charge < -0.3 is 54.7 Å². The Labute approximate surface area is 249 Å². The molecule has 0 unspecified atom stereocenters. The number of carbonyl (C=O) groups excluding carboxylic acids is 1. The highest BCUT2D eigenvalue weighted by molar-refractivity contribution is 5.69. The van der Waals surface area contributed by atoms with Crippen LogP contribution < -0.4 is 0 Å². The Balaban J connectivity index is 1.59. The predicted molar refractivity (Wildman–Crippen MR) is 152 cm³/mol. The van der Waals surface area contributed by atoms with E-state index in [1.807, 2.05) is 0 Å². The van der Waals surface area contributed by atoms with Crippen molar-refractivity contribution in [3.63, 3.8) is 0 Å². The van der Waals surface area contributed by atoms with Crippen molar-refractivity contribution in [3.05, 3.63) is 0 Å². The summed E-state index contributed by atoms with van der Waals surface area (Å²) in [5.74, 6) is -0.479. The third-order valence-electron chi connectivity index (χ3n) is 8.18. The van der Waals surface area contributed by atoms with E-state index in [0.717, 1.165) is 19.3 Å². The fourth-order valence-electron chi connectivity index (χ4n) is 5.37. The standard InChI is InChI=1S/C30H56O12/c1-2-3-4-5-6-7-8-9-10-11-12-13-14-15-16-17-22(32)39-19-21-24(34)26(36)28(38)30(41-21)42-29-27(37)25(35)23(33)20(18-31)40-29/h20-21,23-31,33-38H,2-19H2,1H3/t20-,21-,23-,24-,25+,26+,27-,28-,29-,30-/m1/s1. The first-order chi connectivity index (χ1) is 20.2. The normalized spacial score (nSPS) is 33.5. The van der Waals surface area contributed by atoms with Gasteiger partial charge in [0, 0.05) is 6.42 Å². The van der Waals surface area contributed by atoms with E-state index in [-0.39, 0.29) is 6.42 Å². The van der Waals surface area contributed by atoms with Gasteiger partial charge >= 0.3 is 5.97 Å². The molecule has 0 bridgehead atoms. The summed E-state index contributed by atoms with van der Waals surface area (Å²) in [6.07, 6.45) is 2.57. The minimum atomic E-state index is -1.76.